The molecule has 0 spiro atoms. The van der Waals surface area contributed by atoms with Crippen LogP contribution in [0.4, 0.5) is 0 Å². The van der Waals surface area contributed by atoms with E-state index >= 15 is 0 Å². The first kappa shape index (κ1) is 22.3. The van der Waals surface area contributed by atoms with E-state index in [1.807, 2.05) is 13.8 Å². The van der Waals surface area contributed by atoms with Crippen molar-refractivity contribution in [3.05, 3.63) is 46.3 Å². The molecule has 9 N–H and O–H groups in total. The van der Waals surface area contributed by atoms with Crippen molar-refractivity contribution >= 4 is 11.8 Å². The van der Waals surface area contributed by atoms with Gasteiger partial charge >= 0.3 is 0 Å². The molecule has 4 rings (SSSR count). The van der Waals surface area contributed by atoms with E-state index in [2.05, 4.69) is 10.4 Å². The predicted octanol–water partition coefficient (Wildman–Crippen LogP) is 0.240. The molecule has 0 fully saturated rings. The third-order valence-electron chi connectivity index (χ3n) is 6.60. The summed E-state index contributed by atoms with van der Waals surface area (Å²) in [5, 5.41) is 7.38. The van der Waals surface area contributed by atoms with Crippen LogP contribution in [0.25, 0.3) is 0 Å². The second-order valence-corrected chi connectivity index (χ2v) is 8.67. The molecule has 2 amide bonds. The highest BCUT2D eigenvalue weighted by Crippen LogP contribution is 2.55. The summed E-state index contributed by atoms with van der Waals surface area (Å²) in [6.45, 7) is 5.21. The van der Waals surface area contributed by atoms with E-state index in [1.165, 1.54) is 0 Å². The molecule has 10 heteroatoms. The molecular formula is C22H31N7O3. The van der Waals surface area contributed by atoms with Gasteiger partial charge in [-0.05, 0) is 57.0 Å². The number of amides is 2. The maximum Gasteiger partial charge on any atom is 0.271 e. The van der Waals surface area contributed by atoms with E-state index in [1.54, 1.807) is 22.9 Å². The standard InChI is InChI=1S/C22H31N7O3/c1-3-29-15(7-11(2)28-29)21(31)27-22(26)18-12(5-4-6-23)10-32-16-9-13(20(25)30)8-14(17(16)18)19(22)24/h7-9,12,18-19H,3-6,10,23-24,26H2,1-2H3,(H2,25,30)(H,27,31)/t12?,18?,19?,22-/m1/s1. The number of aromatic nitrogens is 2. The number of hydrogen-bond donors (Lipinski definition) is 5. The molecule has 1 aliphatic heterocycles. The molecule has 32 heavy (non-hydrogen) atoms. The normalized spacial score (nSPS) is 25.8. The number of nitrogens with one attached hydrogen (secondary N) is 1. The van der Waals surface area contributed by atoms with Crippen LogP contribution in [0.5, 0.6) is 5.75 Å². The summed E-state index contributed by atoms with van der Waals surface area (Å²) < 4.78 is 7.63. The van der Waals surface area contributed by atoms with Gasteiger partial charge in [0.15, 0.2) is 0 Å². The zero-order chi connectivity index (χ0) is 23.2. The lowest BCUT2D eigenvalue weighted by atomic mass is 9.77. The highest BCUT2D eigenvalue weighted by atomic mass is 16.5. The fraction of sp³-hybridized carbons (Fsp3) is 0.500. The average molecular weight is 442 g/mol. The highest BCUT2D eigenvalue weighted by Gasteiger charge is 2.56. The molecule has 2 aromatic rings. The SMILES string of the molecule is CCn1nc(C)cc1C(=O)N[C@@]1(N)C(N)c2cc(C(N)=O)cc3c2C1C(CCCN)CO3. The molecule has 172 valence electrons. The average Bonchev–Trinajstić information content (AvgIpc) is 3.25. The largest absolute Gasteiger partial charge is 0.493 e. The van der Waals surface area contributed by atoms with Crippen LogP contribution in [0.1, 0.15) is 69.4 Å². The Morgan fingerprint density at radius 2 is 2.09 bits per heavy atom. The Morgan fingerprint density at radius 1 is 1.34 bits per heavy atom. The topological polar surface area (TPSA) is 177 Å². The number of nitrogens with two attached hydrogens (primary N) is 4. The fourth-order valence-corrected chi connectivity index (χ4v) is 5.12. The summed E-state index contributed by atoms with van der Waals surface area (Å²) >= 11 is 0. The molecule has 3 unspecified atom stereocenters. The van der Waals surface area contributed by atoms with Gasteiger partial charge in [-0.1, -0.05) is 0 Å². The summed E-state index contributed by atoms with van der Waals surface area (Å²) in [6.07, 6.45) is 1.56. The summed E-state index contributed by atoms with van der Waals surface area (Å²) in [4.78, 5) is 25.2. The van der Waals surface area contributed by atoms with Crippen molar-refractivity contribution in [3.8, 4) is 5.75 Å². The van der Waals surface area contributed by atoms with Crippen molar-refractivity contribution in [3.63, 3.8) is 0 Å². The number of hydrogen-bond acceptors (Lipinski definition) is 7. The number of benzene rings is 1. The quantitative estimate of drug-likeness (QED) is 0.382. The number of nitrogens with zero attached hydrogens (tertiary/aromatic N) is 2. The van der Waals surface area contributed by atoms with Gasteiger partial charge in [0.1, 0.15) is 17.1 Å². The number of carbonyl (C=O) groups excluding carboxylic acids is 2. The van der Waals surface area contributed by atoms with Crippen LogP contribution in [0.2, 0.25) is 0 Å². The van der Waals surface area contributed by atoms with Gasteiger partial charge in [0.05, 0.1) is 18.3 Å². The Kier molecular flexibility index (Phi) is 5.70. The first-order chi connectivity index (χ1) is 15.2. The Morgan fingerprint density at radius 3 is 2.75 bits per heavy atom. The van der Waals surface area contributed by atoms with Crippen LogP contribution >= 0.6 is 0 Å². The molecule has 0 saturated heterocycles. The van der Waals surface area contributed by atoms with Crippen molar-refractivity contribution < 1.29 is 14.3 Å². The van der Waals surface area contributed by atoms with E-state index < -0.39 is 17.6 Å². The minimum atomic E-state index is -1.29. The second-order valence-electron chi connectivity index (χ2n) is 8.67. The fourth-order valence-electron chi connectivity index (χ4n) is 5.12. The molecule has 2 heterocycles. The third-order valence-corrected chi connectivity index (χ3v) is 6.60. The lowest BCUT2D eigenvalue weighted by Crippen LogP contribution is -2.64. The molecule has 1 aromatic carbocycles. The number of carbonyl (C=O) groups is 2. The minimum Gasteiger partial charge on any atom is -0.493 e. The van der Waals surface area contributed by atoms with E-state index in [9.17, 15) is 9.59 Å². The number of primary amides is 1. The van der Waals surface area contributed by atoms with Gasteiger partial charge in [0, 0.05) is 29.5 Å². The van der Waals surface area contributed by atoms with Gasteiger partial charge in [-0.2, -0.15) is 5.10 Å². The van der Waals surface area contributed by atoms with Gasteiger partial charge in [-0.3, -0.25) is 14.3 Å². The first-order valence-electron chi connectivity index (χ1n) is 10.9. The van der Waals surface area contributed by atoms with E-state index in [4.69, 9.17) is 27.7 Å². The molecule has 1 aliphatic carbocycles. The van der Waals surface area contributed by atoms with Gasteiger partial charge in [-0.15, -0.1) is 0 Å². The van der Waals surface area contributed by atoms with Crippen molar-refractivity contribution in [2.75, 3.05) is 13.2 Å². The Hall–Kier alpha value is -2.95. The van der Waals surface area contributed by atoms with Crippen LogP contribution in [0.15, 0.2) is 18.2 Å². The predicted molar refractivity (Wildman–Crippen MR) is 119 cm³/mol. The summed E-state index contributed by atoms with van der Waals surface area (Å²) in [6, 6.07) is 4.26. The van der Waals surface area contributed by atoms with Gasteiger partial charge in [-0.25, -0.2) is 0 Å². The zero-order valence-corrected chi connectivity index (χ0v) is 18.4. The maximum absolute atomic E-state index is 13.3. The molecule has 0 saturated carbocycles. The molecule has 4 atom stereocenters. The van der Waals surface area contributed by atoms with Gasteiger partial charge < -0.3 is 33.0 Å². The Labute approximate surface area is 186 Å². The first-order valence-corrected chi connectivity index (χ1v) is 10.9. The van der Waals surface area contributed by atoms with Crippen LogP contribution in [0, 0.1) is 12.8 Å². The van der Waals surface area contributed by atoms with Crippen molar-refractivity contribution in [2.24, 2.45) is 28.9 Å². The molecular weight excluding hydrogens is 410 g/mol. The van der Waals surface area contributed by atoms with Crippen LogP contribution in [0.3, 0.4) is 0 Å². The zero-order valence-electron chi connectivity index (χ0n) is 18.4. The van der Waals surface area contributed by atoms with Crippen LogP contribution < -0.4 is 33.0 Å². The number of aryl methyl sites for hydroxylation is 2. The number of rotatable bonds is 7. The summed E-state index contributed by atoms with van der Waals surface area (Å²) in [5.41, 5.74) is 26.5. The van der Waals surface area contributed by atoms with Crippen LogP contribution in [-0.4, -0.2) is 40.4 Å². The van der Waals surface area contributed by atoms with Crippen molar-refractivity contribution in [1.29, 1.82) is 0 Å². The van der Waals surface area contributed by atoms with E-state index in [0.717, 1.165) is 24.1 Å². The smallest absolute Gasteiger partial charge is 0.271 e. The summed E-state index contributed by atoms with van der Waals surface area (Å²) in [5.74, 6) is -0.688. The second kappa shape index (κ2) is 8.19. The molecule has 0 radical (unpaired) electrons. The molecule has 10 nitrogen and oxygen atoms in total. The lowest BCUT2D eigenvalue weighted by molar-refractivity contribution is 0.0781. The molecule has 1 aromatic heterocycles. The lowest BCUT2D eigenvalue weighted by Gasteiger charge is -2.42. The van der Waals surface area contributed by atoms with Gasteiger partial charge in [0.25, 0.3) is 5.91 Å². The Bertz CT molecular complexity index is 1070. The van der Waals surface area contributed by atoms with E-state index in [-0.39, 0.29) is 17.7 Å². The molecule has 0 bridgehead atoms. The minimum absolute atomic E-state index is 0.000833. The number of ether oxygens (including phenoxy) is 1. The molecule has 2 aliphatic rings. The van der Waals surface area contributed by atoms with Crippen LogP contribution in [-0.2, 0) is 6.54 Å². The summed E-state index contributed by atoms with van der Waals surface area (Å²) in [7, 11) is 0. The highest BCUT2D eigenvalue weighted by molar-refractivity contribution is 5.95. The Balaban J connectivity index is 1.78. The third kappa shape index (κ3) is 3.44. The van der Waals surface area contributed by atoms with Crippen molar-refractivity contribution in [2.45, 2.75) is 50.9 Å². The maximum atomic E-state index is 13.3. The van der Waals surface area contributed by atoms with Crippen molar-refractivity contribution in [1.82, 2.24) is 15.1 Å². The monoisotopic (exact) mass is 441 g/mol. The van der Waals surface area contributed by atoms with E-state index in [0.29, 0.717) is 42.3 Å². The van der Waals surface area contributed by atoms with Gasteiger partial charge in [0.2, 0.25) is 5.91 Å².